The van der Waals surface area contributed by atoms with E-state index in [1.165, 1.54) is 0 Å². The number of hydrogen-bond acceptors (Lipinski definition) is 2. The highest BCUT2D eigenvalue weighted by Crippen LogP contribution is 2.25. The van der Waals surface area contributed by atoms with E-state index in [-0.39, 0.29) is 11.9 Å². The number of ether oxygens (including phenoxy) is 1. The molecule has 0 radical (unpaired) electrons. The summed E-state index contributed by atoms with van der Waals surface area (Å²) in [6, 6.07) is 7.43. The van der Waals surface area contributed by atoms with E-state index in [1.54, 1.807) is 0 Å². The molecule has 0 saturated carbocycles. The second kappa shape index (κ2) is 7.33. The molecule has 1 rings (SSSR count). The van der Waals surface area contributed by atoms with Crippen LogP contribution in [0.5, 0.6) is 0 Å². The van der Waals surface area contributed by atoms with Crippen LogP contribution < -0.4 is 0 Å². The SMILES string of the molecule is CCCCC(C(=O)OCC)c1ccc(Cl)cc1. The molecule has 0 aliphatic carbocycles. The van der Waals surface area contributed by atoms with Gasteiger partial charge < -0.3 is 4.74 Å². The number of unbranched alkanes of at least 4 members (excludes halogenated alkanes) is 1. The van der Waals surface area contributed by atoms with Crippen molar-refractivity contribution in [2.24, 2.45) is 0 Å². The van der Waals surface area contributed by atoms with Crippen molar-refractivity contribution in [3.05, 3.63) is 34.9 Å². The van der Waals surface area contributed by atoms with Gasteiger partial charge in [-0.05, 0) is 31.0 Å². The molecule has 0 spiro atoms. The van der Waals surface area contributed by atoms with Gasteiger partial charge in [0.05, 0.1) is 12.5 Å². The molecule has 1 aromatic carbocycles. The molecule has 0 aliphatic heterocycles. The summed E-state index contributed by atoms with van der Waals surface area (Å²) in [5.74, 6) is -0.296. The Labute approximate surface area is 108 Å². The Kier molecular flexibility index (Phi) is 6.06. The maximum Gasteiger partial charge on any atom is 0.313 e. The van der Waals surface area contributed by atoms with Crippen molar-refractivity contribution in [1.29, 1.82) is 0 Å². The van der Waals surface area contributed by atoms with Crippen LogP contribution >= 0.6 is 11.6 Å². The van der Waals surface area contributed by atoms with Crippen LogP contribution in [0.3, 0.4) is 0 Å². The van der Waals surface area contributed by atoms with Crippen molar-refractivity contribution < 1.29 is 9.53 Å². The van der Waals surface area contributed by atoms with Crippen molar-refractivity contribution in [2.75, 3.05) is 6.61 Å². The average molecular weight is 255 g/mol. The largest absolute Gasteiger partial charge is 0.466 e. The summed E-state index contributed by atoms with van der Waals surface area (Å²) in [5.41, 5.74) is 0.987. The van der Waals surface area contributed by atoms with E-state index in [0.29, 0.717) is 11.6 Å². The number of benzene rings is 1. The summed E-state index contributed by atoms with van der Waals surface area (Å²) < 4.78 is 5.11. The Hall–Kier alpha value is -1.02. The number of esters is 1. The van der Waals surface area contributed by atoms with Crippen molar-refractivity contribution in [1.82, 2.24) is 0 Å². The second-order valence-electron chi connectivity index (χ2n) is 4.00. The number of carbonyl (C=O) groups is 1. The van der Waals surface area contributed by atoms with Crippen LogP contribution in [0.25, 0.3) is 0 Å². The molecule has 0 aromatic heterocycles. The number of rotatable bonds is 6. The molecule has 0 heterocycles. The van der Waals surface area contributed by atoms with Gasteiger partial charge in [-0.15, -0.1) is 0 Å². The highest BCUT2D eigenvalue weighted by Gasteiger charge is 2.21. The lowest BCUT2D eigenvalue weighted by atomic mass is 9.94. The number of carbonyl (C=O) groups excluding carboxylic acids is 1. The second-order valence-corrected chi connectivity index (χ2v) is 4.43. The van der Waals surface area contributed by atoms with Crippen LogP contribution in [0.2, 0.25) is 5.02 Å². The van der Waals surface area contributed by atoms with Gasteiger partial charge in [0.15, 0.2) is 0 Å². The Balaban J connectivity index is 2.81. The standard InChI is InChI=1S/C14H19ClO2/c1-3-5-6-13(14(16)17-4-2)11-7-9-12(15)10-8-11/h7-10,13H,3-6H2,1-2H3. The van der Waals surface area contributed by atoms with Gasteiger partial charge in [-0.25, -0.2) is 0 Å². The molecule has 0 fully saturated rings. The molecule has 0 bridgehead atoms. The van der Waals surface area contributed by atoms with E-state index in [4.69, 9.17) is 16.3 Å². The van der Waals surface area contributed by atoms with Gasteiger partial charge in [-0.3, -0.25) is 4.79 Å². The van der Waals surface area contributed by atoms with Crippen molar-refractivity contribution in [2.45, 2.75) is 39.0 Å². The van der Waals surface area contributed by atoms with E-state index in [2.05, 4.69) is 6.92 Å². The summed E-state index contributed by atoms with van der Waals surface area (Å²) in [6.45, 7) is 4.37. The maximum absolute atomic E-state index is 11.9. The van der Waals surface area contributed by atoms with Gasteiger partial charge in [0.25, 0.3) is 0 Å². The highest BCUT2D eigenvalue weighted by molar-refractivity contribution is 6.30. The molecule has 94 valence electrons. The molecule has 0 amide bonds. The fraction of sp³-hybridized carbons (Fsp3) is 0.500. The van der Waals surface area contributed by atoms with E-state index >= 15 is 0 Å². The Bertz CT molecular complexity index is 346. The molecule has 17 heavy (non-hydrogen) atoms. The van der Waals surface area contributed by atoms with Gasteiger partial charge in [0.2, 0.25) is 0 Å². The average Bonchev–Trinajstić information content (AvgIpc) is 2.32. The first kappa shape index (κ1) is 14.0. The van der Waals surface area contributed by atoms with Gasteiger partial charge in [-0.2, -0.15) is 0 Å². The summed E-state index contributed by atoms with van der Waals surface area (Å²) in [4.78, 5) is 11.9. The van der Waals surface area contributed by atoms with Crippen LogP contribution in [0.1, 0.15) is 44.6 Å². The minimum Gasteiger partial charge on any atom is -0.466 e. The van der Waals surface area contributed by atoms with Crippen LogP contribution in [-0.4, -0.2) is 12.6 Å². The van der Waals surface area contributed by atoms with Crippen LogP contribution in [-0.2, 0) is 9.53 Å². The minimum atomic E-state index is -0.160. The monoisotopic (exact) mass is 254 g/mol. The summed E-state index contributed by atoms with van der Waals surface area (Å²) in [6.07, 6.45) is 2.92. The maximum atomic E-state index is 11.9. The van der Waals surface area contributed by atoms with E-state index in [0.717, 1.165) is 24.8 Å². The van der Waals surface area contributed by atoms with E-state index in [1.807, 2.05) is 31.2 Å². The summed E-state index contributed by atoms with van der Waals surface area (Å²) in [5, 5.41) is 0.687. The first-order valence-corrected chi connectivity index (χ1v) is 6.49. The molecule has 3 heteroatoms. The summed E-state index contributed by atoms with van der Waals surface area (Å²) >= 11 is 5.85. The lowest BCUT2D eigenvalue weighted by Crippen LogP contribution is -2.16. The molecular weight excluding hydrogens is 236 g/mol. The fourth-order valence-corrected chi connectivity index (χ4v) is 1.89. The van der Waals surface area contributed by atoms with Crippen molar-refractivity contribution in [3.8, 4) is 0 Å². The molecule has 1 atom stereocenters. The third kappa shape index (κ3) is 4.39. The van der Waals surface area contributed by atoms with Gasteiger partial charge in [0.1, 0.15) is 0 Å². The third-order valence-corrected chi connectivity index (χ3v) is 2.94. The van der Waals surface area contributed by atoms with Crippen LogP contribution in [0.4, 0.5) is 0 Å². The molecule has 0 saturated heterocycles. The first-order chi connectivity index (χ1) is 8.19. The van der Waals surface area contributed by atoms with Crippen molar-refractivity contribution in [3.63, 3.8) is 0 Å². The van der Waals surface area contributed by atoms with Crippen LogP contribution in [0, 0.1) is 0 Å². The molecule has 0 aliphatic rings. The Morgan fingerprint density at radius 3 is 2.47 bits per heavy atom. The zero-order chi connectivity index (χ0) is 12.7. The quantitative estimate of drug-likeness (QED) is 0.712. The Morgan fingerprint density at radius 2 is 1.94 bits per heavy atom. The van der Waals surface area contributed by atoms with E-state index < -0.39 is 0 Å². The zero-order valence-electron chi connectivity index (χ0n) is 10.4. The predicted molar refractivity (Wildman–Crippen MR) is 70.4 cm³/mol. The number of halogens is 1. The Morgan fingerprint density at radius 1 is 1.29 bits per heavy atom. The van der Waals surface area contributed by atoms with Gasteiger partial charge >= 0.3 is 5.97 Å². The number of hydrogen-bond donors (Lipinski definition) is 0. The fourth-order valence-electron chi connectivity index (χ4n) is 1.77. The van der Waals surface area contributed by atoms with Crippen LogP contribution in [0.15, 0.2) is 24.3 Å². The zero-order valence-corrected chi connectivity index (χ0v) is 11.2. The molecule has 2 nitrogen and oxygen atoms in total. The van der Waals surface area contributed by atoms with E-state index in [9.17, 15) is 4.79 Å². The molecule has 0 N–H and O–H groups in total. The lowest BCUT2D eigenvalue weighted by Gasteiger charge is -2.15. The van der Waals surface area contributed by atoms with Gasteiger partial charge in [0, 0.05) is 5.02 Å². The smallest absolute Gasteiger partial charge is 0.313 e. The minimum absolute atomic E-state index is 0.136. The molecule has 1 aromatic rings. The normalized spacial score (nSPS) is 12.2. The topological polar surface area (TPSA) is 26.3 Å². The third-order valence-electron chi connectivity index (χ3n) is 2.69. The highest BCUT2D eigenvalue weighted by atomic mass is 35.5. The lowest BCUT2D eigenvalue weighted by molar-refractivity contribution is -0.145. The predicted octanol–water partition coefficient (Wildman–Crippen LogP) is 4.18. The summed E-state index contributed by atoms with van der Waals surface area (Å²) in [7, 11) is 0. The van der Waals surface area contributed by atoms with Crippen molar-refractivity contribution >= 4 is 17.6 Å². The first-order valence-electron chi connectivity index (χ1n) is 6.11. The molecule has 1 unspecified atom stereocenters. The molecular formula is C14H19ClO2. The van der Waals surface area contributed by atoms with Gasteiger partial charge in [-0.1, -0.05) is 43.5 Å².